The standard InChI is InChI=1S/C47H73N3O12/c1-42(22-52)12-14-47(41(59)60)15-13-44(3)28(30(47)19-42)8-9-34-45(44,4)11-10-33-43(2,23-53)38(62-40-37(57)36(56)32(54)21-61-40)35(55)29(46(33,34)5)18-27-26(7-6-16-51)39(58)50-31(27)17-25-20-48-24-49-25/h8,20,24,26-27,29-38,40,51-57H,6-7,9-19,21-23H2,1-5H3,(H,48,49)(H,50,58)(H,59,60). The average Bonchev–Trinajstić information content (AvgIpc) is 3.86. The monoisotopic (exact) mass is 872 g/mol. The second-order valence-electron chi connectivity index (χ2n) is 22.2. The van der Waals surface area contributed by atoms with E-state index in [9.17, 15) is 50.4 Å². The van der Waals surface area contributed by atoms with Gasteiger partial charge in [-0.05, 0) is 122 Å². The van der Waals surface area contributed by atoms with Crippen LogP contribution in [0.1, 0.15) is 111 Å². The SMILES string of the molecule is CC1(CO)CCC2(C(=O)O)CCC3(C)C(=CCC4C5(C)C(CC6C(Cc7cnc[nH]7)NC(=O)C6CCCO)C(O)C(OC6OCC(O)C(O)C6O)C(C)(CO)C5CCC43C)C2C1. The van der Waals surface area contributed by atoms with Crippen molar-refractivity contribution in [1.82, 2.24) is 15.3 Å². The Balaban J connectivity index is 1.25. The van der Waals surface area contributed by atoms with E-state index < -0.39 is 81.7 Å². The summed E-state index contributed by atoms with van der Waals surface area (Å²) >= 11 is 0. The van der Waals surface area contributed by atoms with Crippen LogP contribution in [0.5, 0.6) is 0 Å². The van der Waals surface area contributed by atoms with Crippen molar-refractivity contribution < 1.29 is 59.9 Å². The van der Waals surface area contributed by atoms with Crippen molar-refractivity contribution >= 4 is 11.9 Å². The molecule has 10 N–H and O–H groups in total. The lowest BCUT2D eigenvalue weighted by Gasteiger charge is -2.73. The molecular weight excluding hydrogens is 799 g/mol. The van der Waals surface area contributed by atoms with E-state index >= 15 is 0 Å². The second kappa shape index (κ2) is 16.4. The first-order chi connectivity index (χ1) is 29.3. The third-order valence-electron chi connectivity index (χ3n) is 19.4. The van der Waals surface area contributed by atoms with Gasteiger partial charge < -0.3 is 60.6 Å². The first-order valence-electron chi connectivity index (χ1n) is 23.3. The van der Waals surface area contributed by atoms with Crippen molar-refractivity contribution in [2.75, 3.05) is 26.4 Å². The number of rotatable bonds is 12. The maximum Gasteiger partial charge on any atom is 0.310 e. The number of nitrogens with one attached hydrogen (secondary N) is 2. The topological polar surface area (TPSA) is 255 Å². The molecule has 3 heterocycles. The number of carboxylic acid groups (broad SMARTS) is 1. The fourth-order valence-electron chi connectivity index (χ4n) is 15.5. The lowest BCUT2D eigenvalue weighted by atomic mass is 9.31. The molecule has 8 rings (SSSR count). The number of hydrogen-bond donors (Lipinski definition) is 10. The van der Waals surface area contributed by atoms with Gasteiger partial charge in [-0.15, -0.1) is 0 Å². The molecule has 348 valence electrons. The Morgan fingerprint density at radius 2 is 1.69 bits per heavy atom. The molecule has 62 heavy (non-hydrogen) atoms. The highest BCUT2D eigenvalue weighted by molar-refractivity contribution is 5.82. The third-order valence-corrected chi connectivity index (χ3v) is 19.4. The van der Waals surface area contributed by atoms with Gasteiger partial charge in [0.1, 0.15) is 18.3 Å². The number of amides is 1. The Labute approximate surface area is 365 Å². The fraction of sp³-hybridized carbons (Fsp3) is 0.851. The normalized spacial score (nSPS) is 50.1. The lowest BCUT2D eigenvalue weighted by Crippen LogP contribution is -2.72. The van der Waals surface area contributed by atoms with Crippen molar-refractivity contribution in [3.63, 3.8) is 0 Å². The van der Waals surface area contributed by atoms with Crippen LogP contribution in [-0.4, -0.2) is 132 Å². The van der Waals surface area contributed by atoms with E-state index in [-0.39, 0.29) is 67.5 Å². The van der Waals surface area contributed by atoms with Crippen LogP contribution in [0.4, 0.5) is 0 Å². The average molecular weight is 872 g/mol. The summed E-state index contributed by atoms with van der Waals surface area (Å²) in [7, 11) is 0. The summed E-state index contributed by atoms with van der Waals surface area (Å²) in [4.78, 5) is 34.7. The largest absolute Gasteiger partial charge is 0.481 e. The van der Waals surface area contributed by atoms with E-state index in [1.54, 1.807) is 12.5 Å². The van der Waals surface area contributed by atoms with Crippen molar-refractivity contribution in [2.24, 2.45) is 68.0 Å². The number of aromatic amines is 1. The van der Waals surface area contributed by atoms with Crippen LogP contribution in [-0.2, 0) is 25.5 Å². The second-order valence-corrected chi connectivity index (χ2v) is 22.2. The van der Waals surface area contributed by atoms with Crippen LogP contribution in [0.25, 0.3) is 0 Å². The highest BCUT2D eigenvalue weighted by Gasteiger charge is 2.73. The van der Waals surface area contributed by atoms with Crippen molar-refractivity contribution in [3.05, 3.63) is 29.9 Å². The Morgan fingerprint density at radius 3 is 2.35 bits per heavy atom. The van der Waals surface area contributed by atoms with Crippen LogP contribution < -0.4 is 5.32 Å². The van der Waals surface area contributed by atoms with Crippen molar-refractivity contribution in [1.29, 1.82) is 0 Å². The molecule has 1 amide bonds. The molecule has 1 aromatic rings. The van der Waals surface area contributed by atoms with Gasteiger partial charge in [0.05, 0.1) is 37.2 Å². The van der Waals surface area contributed by atoms with Crippen LogP contribution in [0, 0.1) is 68.0 Å². The van der Waals surface area contributed by atoms with Gasteiger partial charge >= 0.3 is 5.97 Å². The molecular formula is C47H73N3O12. The smallest absolute Gasteiger partial charge is 0.310 e. The van der Waals surface area contributed by atoms with Gasteiger partial charge in [-0.2, -0.15) is 0 Å². The number of aliphatic carboxylic acids is 1. The van der Waals surface area contributed by atoms with E-state index in [0.717, 1.165) is 12.1 Å². The van der Waals surface area contributed by atoms with Crippen LogP contribution in [0.3, 0.4) is 0 Å². The van der Waals surface area contributed by atoms with E-state index in [1.807, 2.05) is 6.92 Å². The van der Waals surface area contributed by atoms with Gasteiger partial charge in [0.15, 0.2) is 6.29 Å². The van der Waals surface area contributed by atoms with Crippen molar-refractivity contribution in [2.45, 2.75) is 155 Å². The van der Waals surface area contributed by atoms with Gasteiger partial charge in [0.2, 0.25) is 5.91 Å². The zero-order valence-electron chi connectivity index (χ0n) is 37.2. The summed E-state index contributed by atoms with van der Waals surface area (Å²) in [5, 5.41) is 91.7. The molecule has 19 atom stereocenters. The number of carbonyl (C=O) groups is 2. The number of carbonyl (C=O) groups excluding carboxylic acids is 1. The molecule has 7 aliphatic rings. The maximum atomic E-state index is 13.9. The van der Waals surface area contributed by atoms with Gasteiger partial charge in [0.25, 0.3) is 0 Å². The summed E-state index contributed by atoms with van der Waals surface area (Å²) in [5.41, 5.74) is -1.80. The molecule has 4 saturated carbocycles. The predicted octanol–water partition coefficient (Wildman–Crippen LogP) is 2.70. The predicted molar refractivity (Wildman–Crippen MR) is 225 cm³/mol. The van der Waals surface area contributed by atoms with Gasteiger partial charge in [0, 0.05) is 48.9 Å². The Morgan fingerprint density at radius 1 is 0.952 bits per heavy atom. The maximum absolute atomic E-state index is 13.9. The number of aliphatic hydroxyl groups is 7. The number of nitrogens with zero attached hydrogens (tertiary/aromatic N) is 1. The zero-order chi connectivity index (χ0) is 44.8. The number of aliphatic hydroxyl groups excluding tert-OH is 7. The number of H-pyrrole nitrogens is 1. The molecule has 15 heteroatoms. The number of carboxylic acids is 1. The highest BCUT2D eigenvalue weighted by atomic mass is 16.7. The zero-order valence-corrected chi connectivity index (χ0v) is 37.2. The molecule has 0 spiro atoms. The Hall–Kier alpha value is -2.47. The van der Waals surface area contributed by atoms with Crippen LogP contribution >= 0.6 is 0 Å². The molecule has 15 nitrogen and oxygen atoms in total. The fourth-order valence-corrected chi connectivity index (χ4v) is 15.5. The third kappa shape index (κ3) is 6.79. The Bertz CT molecular complexity index is 1850. The quantitative estimate of drug-likeness (QED) is 0.107. The number of imidazole rings is 1. The molecule has 2 aliphatic heterocycles. The van der Waals surface area contributed by atoms with Gasteiger partial charge in [-0.1, -0.05) is 46.3 Å². The molecule has 19 unspecified atom stereocenters. The molecule has 1 aromatic heterocycles. The lowest BCUT2D eigenvalue weighted by molar-refractivity contribution is -0.340. The Kier molecular flexibility index (Phi) is 12.2. The first kappa shape index (κ1) is 46.1. The number of hydrogen-bond acceptors (Lipinski definition) is 12. The number of aromatic nitrogens is 2. The molecule has 5 aliphatic carbocycles. The molecule has 6 fully saturated rings. The minimum Gasteiger partial charge on any atom is -0.481 e. The minimum atomic E-state index is -1.62. The summed E-state index contributed by atoms with van der Waals surface area (Å²) in [6.45, 7) is 10.2. The molecule has 0 bridgehead atoms. The summed E-state index contributed by atoms with van der Waals surface area (Å²) in [6, 6.07) is -0.313. The van der Waals surface area contributed by atoms with Crippen molar-refractivity contribution in [3.8, 4) is 0 Å². The van der Waals surface area contributed by atoms with Crippen LogP contribution in [0.2, 0.25) is 0 Å². The number of allylic oxidation sites excluding steroid dienone is 2. The number of ether oxygens (including phenoxy) is 2. The van der Waals surface area contributed by atoms with Crippen LogP contribution in [0.15, 0.2) is 24.2 Å². The molecule has 0 radical (unpaired) electrons. The van der Waals surface area contributed by atoms with Gasteiger partial charge in [-0.3, -0.25) is 9.59 Å². The highest BCUT2D eigenvalue weighted by Crippen LogP contribution is 2.77. The molecule has 0 aromatic carbocycles. The summed E-state index contributed by atoms with van der Waals surface area (Å²) < 4.78 is 12.4. The van der Waals surface area contributed by atoms with E-state index in [0.29, 0.717) is 70.6 Å². The van der Waals surface area contributed by atoms with Gasteiger partial charge in [-0.25, -0.2) is 4.98 Å². The van der Waals surface area contributed by atoms with E-state index in [2.05, 4.69) is 49.1 Å². The summed E-state index contributed by atoms with van der Waals surface area (Å²) in [5.74, 6) is -2.64. The number of fused-ring (bicyclic) bond motifs is 7. The molecule has 2 saturated heterocycles. The van der Waals surface area contributed by atoms with E-state index in [4.69, 9.17) is 9.47 Å². The minimum absolute atomic E-state index is 0.00690. The first-order valence-corrected chi connectivity index (χ1v) is 23.3. The van der Waals surface area contributed by atoms with E-state index in [1.165, 1.54) is 5.57 Å². The summed E-state index contributed by atoms with van der Waals surface area (Å²) in [6.07, 6.45) is 4.23.